The van der Waals surface area contributed by atoms with E-state index in [4.69, 9.17) is 10.7 Å². The van der Waals surface area contributed by atoms with Crippen molar-refractivity contribution in [2.24, 2.45) is 5.90 Å². The predicted octanol–water partition coefficient (Wildman–Crippen LogP) is 1.98. The minimum absolute atomic E-state index is 0.285. The summed E-state index contributed by atoms with van der Waals surface area (Å²) in [4.78, 5) is 6.22. The molecule has 0 atom stereocenters. The molecule has 66 valence electrons. The maximum Gasteiger partial charge on any atom is 0.0783 e. The number of hydrogen-bond donors (Lipinski definition) is 1. The van der Waals surface area contributed by atoms with Crippen LogP contribution in [0, 0.1) is 6.92 Å². The molecular formula is C9H13NOS. The SMILES string of the molecule is Cc1ccsc1C1(CON)CC1. The largest absolute Gasteiger partial charge is 0.304 e. The van der Waals surface area contributed by atoms with Gasteiger partial charge in [0.2, 0.25) is 0 Å². The van der Waals surface area contributed by atoms with Gasteiger partial charge >= 0.3 is 0 Å². The number of thiophene rings is 1. The molecule has 2 N–H and O–H groups in total. The monoisotopic (exact) mass is 183 g/mol. The Labute approximate surface area is 76.3 Å². The average molecular weight is 183 g/mol. The second-order valence-corrected chi connectivity index (χ2v) is 4.44. The van der Waals surface area contributed by atoms with Crippen LogP contribution in [-0.4, -0.2) is 6.61 Å². The van der Waals surface area contributed by atoms with Crippen LogP contribution < -0.4 is 5.90 Å². The third kappa shape index (κ3) is 1.18. The Bertz CT molecular complexity index is 278. The molecule has 0 spiro atoms. The number of rotatable bonds is 3. The molecule has 1 heterocycles. The molecule has 0 aromatic carbocycles. The summed E-state index contributed by atoms with van der Waals surface area (Å²) in [6.07, 6.45) is 2.46. The van der Waals surface area contributed by atoms with Gasteiger partial charge < -0.3 is 4.84 Å². The summed E-state index contributed by atoms with van der Waals surface area (Å²) in [6.45, 7) is 2.83. The van der Waals surface area contributed by atoms with E-state index in [2.05, 4.69) is 18.4 Å². The highest BCUT2D eigenvalue weighted by Gasteiger charge is 2.46. The van der Waals surface area contributed by atoms with Crippen molar-refractivity contribution in [3.8, 4) is 0 Å². The summed E-state index contributed by atoms with van der Waals surface area (Å²) in [6, 6.07) is 2.16. The maximum atomic E-state index is 5.12. The van der Waals surface area contributed by atoms with Crippen molar-refractivity contribution < 1.29 is 4.84 Å². The smallest absolute Gasteiger partial charge is 0.0783 e. The molecule has 0 saturated heterocycles. The van der Waals surface area contributed by atoms with E-state index in [0.29, 0.717) is 6.61 Å². The third-order valence-electron chi connectivity index (χ3n) is 2.56. The maximum absolute atomic E-state index is 5.12. The van der Waals surface area contributed by atoms with Crippen molar-refractivity contribution >= 4 is 11.3 Å². The van der Waals surface area contributed by atoms with Gasteiger partial charge in [0.25, 0.3) is 0 Å². The number of aryl methyl sites for hydroxylation is 1. The summed E-state index contributed by atoms with van der Waals surface area (Å²) in [5.41, 5.74) is 1.67. The van der Waals surface area contributed by atoms with Crippen LogP contribution in [0.3, 0.4) is 0 Å². The first kappa shape index (κ1) is 8.23. The van der Waals surface area contributed by atoms with E-state index in [-0.39, 0.29) is 5.41 Å². The number of hydrogen-bond acceptors (Lipinski definition) is 3. The molecule has 0 bridgehead atoms. The third-order valence-corrected chi connectivity index (χ3v) is 3.82. The van der Waals surface area contributed by atoms with Gasteiger partial charge in [0.1, 0.15) is 0 Å². The summed E-state index contributed by atoms with van der Waals surface area (Å²) >= 11 is 1.82. The highest BCUT2D eigenvalue weighted by Crippen LogP contribution is 2.51. The van der Waals surface area contributed by atoms with Gasteiger partial charge in [-0.1, -0.05) is 0 Å². The van der Waals surface area contributed by atoms with Gasteiger partial charge in [-0.3, -0.25) is 0 Å². The van der Waals surface area contributed by atoms with Crippen LogP contribution in [0.5, 0.6) is 0 Å². The molecule has 2 rings (SSSR count). The zero-order valence-corrected chi connectivity index (χ0v) is 7.99. The minimum atomic E-state index is 0.285. The quantitative estimate of drug-likeness (QED) is 0.727. The Morgan fingerprint density at radius 2 is 2.42 bits per heavy atom. The standard InChI is InChI=1S/C9H13NOS/c1-7-2-5-12-8(7)9(3-4-9)6-11-10/h2,5H,3-4,6,10H2,1H3. The van der Waals surface area contributed by atoms with Crippen molar-refractivity contribution in [3.63, 3.8) is 0 Å². The number of nitrogens with two attached hydrogens (primary N) is 1. The zero-order chi connectivity index (χ0) is 8.60. The molecule has 2 nitrogen and oxygen atoms in total. The van der Waals surface area contributed by atoms with E-state index in [1.165, 1.54) is 23.3 Å². The van der Waals surface area contributed by atoms with Crippen molar-refractivity contribution in [2.75, 3.05) is 6.61 Å². The molecular weight excluding hydrogens is 170 g/mol. The molecule has 0 radical (unpaired) electrons. The van der Waals surface area contributed by atoms with Crippen molar-refractivity contribution in [1.82, 2.24) is 0 Å². The highest BCUT2D eigenvalue weighted by molar-refractivity contribution is 7.10. The lowest BCUT2D eigenvalue weighted by Crippen LogP contribution is -2.17. The normalized spacial score (nSPS) is 19.5. The Balaban J connectivity index is 2.24. The topological polar surface area (TPSA) is 35.2 Å². The molecule has 0 unspecified atom stereocenters. The van der Waals surface area contributed by atoms with Gasteiger partial charge in [-0.05, 0) is 36.8 Å². The van der Waals surface area contributed by atoms with Crippen molar-refractivity contribution in [1.29, 1.82) is 0 Å². The van der Waals surface area contributed by atoms with Crippen molar-refractivity contribution in [2.45, 2.75) is 25.2 Å². The van der Waals surface area contributed by atoms with Crippen LogP contribution in [0.1, 0.15) is 23.3 Å². The summed E-state index contributed by atoms with van der Waals surface area (Å²) < 4.78 is 0. The highest BCUT2D eigenvalue weighted by atomic mass is 32.1. The second kappa shape index (κ2) is 2.83. The minimum Gasteiger partial charge on any atom is -0.304 e. The van der Waals surface area contributed by atoms with Gasteiger partial charge in [-0.2, -0.15) is 0 Å². The van der Waals surface area contributed by atoms with Gasteiger partial charge in [0.05, 0.1) is 6.61 Å². The van der Waals surface area contributed by atoms with Crippen LogP contribution in [-0.2, 0) is 10.3 Å². The van der Waals surface area contributed by atoms with Crippen molar-refractivity contribution in [3.05, 3.63) is 21.9 Å². The molecule has 1 aromatic heterocycles. The van der Waals surface area contributed by atoms with Gasteiger partial charge in [0, 0.05) is 10.3 Å². The Hall–Kier alpha value is -0.380. The second-order valence-electron chi connectivity index (χ2n) is 3.52. The molecule has 1 aromatic rings. The lowest BCUT2D eigenvalue weighted by molar-refractivity contribution is 0.117. The molecule has 1 aliphatic carbocycles. The molecule has 0 aliphatic heterocycles. The van der Waals surface area contributed by atoms with Crippen LogP contribution in [0.2, 0.25) is 0 Å². The molecule has 12 heavy (non-hydrogen) atoms. The average Bonchev–Trinajstić information content (AvgIpc) is 2.68. The van der Waals surface area contributed by atoms with Gasteiger partial charge in [-0.25, -0.2) is 5.90 Å². The van der Waals surface area contributed by atoms with Gasteiger partial charge in [0.15, 0.2) is 0 Å². The first-order chi connectivity index (χ1) is 5.78. The molecule has 1 fully saturated rings. The van der Waals surface area contributed by atoms with E-state index >= 15 is 0 Å². The van der Waals surface area contributed by atoms with Crippen LogP contribution in [0.25, 0.3) is 0 Å². The van der Waals surface area contributed by atoms with Gasteiger partial charge in [-0.15, -0.1) is 11.3 Å². The Morgan fingerprint density at radius 1 is 1.67 bits per heavy atom. The first-order valence-corrected chi connectivity index (χ1v) is 5.03. The lowest BCUT2D eigenvalue weighted by Gasteiger charge is -2.12. The van der Waals surface area contributed by atoms with Crippen LogP contribution in [0.4, 0.5) is 0 Å². The summed E-state index contributed by atoms with van der Waals surface area (Å²) in [5, 5.41) is 2.14. The molecule has 0 amide bonds. The van der Waals surface area contributed by atoms with E-state index in [9.17, 15) is 0 Å². The Morgan fingerprint density at radius 3 is 2.83 bits per heavy atom. The fraction of sp³-hybridized carbons (Fsp3) is 0.556. The molecule has 1 aliphatic rings. The molecule has 1 saturated carbocycles. The van der Waals surface area contributed by atoms with Crippen LogP contribution >= 0.6 is 11.3 Å². The fourth-order valence-corrected chi connectivity index (χ4v) is 2.84. The van der Waals surface area contributed by atoms with Crippen LogP contribution in [0.15, 0.2) is 11.4 Å². The van der Waals surface area contributed by atoms with E-state index in [0.717, 1.165) is 0 Å². The van der Waals surface area contributed by atoms with E-state index in [1.807, 2.05) is 11.3 Å². The Kier molecular flexibility index (Phi) is 1.94. The first-order valence-electron chi connectivity index (χ1n) is 4.15. The molecule has 3 heteroatoms. The zero-order valence-electron chi connectivity index (χ0n) is 7.17. The summed E-state index contributed by atoms with van der Waals surface area (Å²) in [5.74, 6) is 5.12. The van der Waals surface area contributed by atoms with E-state index < -0.39 is 0 Å². The van der Waals surface area contributed by atoms with E-state index in [1.54, 1.807) is 0 Å². The predicted molar refractivity (Wildman–Crippen MR) is 50.1 cm³/mol. The summed E-state index contributed by atoms with van der Waals surface area (Å²) in [7, 11) is 0. The fourth-order valence-electron chi connectivity index (χ4n) is 1.66. The lowest BCUT2D eigenvalue weighted by atomic mass is 10.0.